The molecule has 0 atom stereocenters. The molecule has 3 aliphatic rings. The predicted molar refractivity (Wildman–Crippen MR) is 266 cm³/mol. The van der Waals surface area contributed by atoms with E-state index in [0.717, 1.165) is 59.9 Å². The molecular weight excluding hydrogens is 1220 g/mol. The van der Waals surface area contributed by atoms with Crippen molar-refractivity contribution in [3.63, 3.8) is 0 Å². The summed E-state index contributed by atoms with van der Waals surface area (Å²) in [6, 6.07) is 62.0. The van der Waals surface area contributed by atoms with Crippen LogP contribution in [0.5, 0.6) is 11.6 Å². The molecule has 8 aromatic rings. The number of unbranched alkanes of at least 4 members (excludes halogenated alkanes) is 1. The summed E-state index contributed by atoms with van der Waals surface area (Å²) in [7, 11) is 2.03. The average molecular weight is 1260 g/mol. The van der Waals surface area contributed by atoms with Gasteiger partial charge in [-0.25, -0.2) is 16.4 Å². The number of anilines is 9. The Kier molecular flexibility index (Phi) is 15.4. The number of hydrogen-bond donors (Lipinski definition) is 0. The van der Waals surface area contributed by atoms with Gasteiger partial charge in [-0.15, -0.1) is 40.8 Å². The number of aromatic nitrogens is 4. The predicted octanol–water partition coefficient (Wildman–Crippen LogP) is 12.0. The Hall–Kier alpha value is -6.58. The fourth-order valence-electron chi connectivity index (χ4n) is 8.29. The van der Waals surface area contributed by atoms with Crippen LogP contribution in [0.2, 0.25) is 0 Å². The van der Waals surface area contributed by atoms with E-state index in [4.69, 9.17) is 4.74 Å². The third-order valence-electron chi connectivity index (χ3n) is 11.7. The van der Waals surface area contributed by atoms with E-state index in [9.17, 15) is 0 Å². The van der Waals surface area contributed by atoms with Gasteiger partial charge in [0.05, 0.1) is 12.7 Å². The summed E-state index contributed by atoms with van der Waals surface area (Å²) in [5, 5.41) is 0. The van der Waals surface area contributed by atoms with Crippen molar-refractivity contribution in [3.8, 4) is 23.0 Å². The Balaban J connectivity index is 0.000000181. The zero-order valence-corrected chi connectivity index (χ0v) is 43.2. The number of rotatable bonds is 11. The Labute approximate surface area is 434 Å². The van der Waals surface area contributed by atoms with Gasteiger partial charge in [0.15, 0.2) is 0 Å². The van der Waals surface area contributed by atoms with E-state index < -0.39 is 0 Å². The summed E-state index contributed by atoms with van der Waals surface area (Å²) in [6.07, 6.45) is 6.59. The van der Waals surface area contributed by atoms with Crippen molar-refractivity contribution < 1.29 is 45.9 Å². The molecule has 0 aliphatic carbocycles. The Morgan fingerprint density at radius 1 is 0.551 bits per heavy atom. The van der Waals surface area contributed by atoms with E-state index in [2.05, 4.69) is 205 Å². The molecule has 2 aromatic heterocycles. The van der Waals surface area contributed by atoms with Gasteiger partial charge < -0.3 is 50.2 Å². The molecule has 0 bridgehead atoms. The molecule has 69 heavy (non-hydrogen) atoms. The SMILES string of the molecule is CN1[CH-]N(c2[c-]c(Oc3[c-]c(-c4[c-]cncn4)ncn3)cc(C(C)(C)C)c2)c2ccccc21.[Ir].[Pt].[c-]1ccccc1N1[CH-]N(CCCCN2[CH-]N(c3[c-]cccc3)c3ccccc32)c2ccccc21. The van der Waals surface area contributed by atoms with Gasteiger partial charge in [0.25, 0.3) is 0 Å². The van der Waals surface area contributed by atoms with Crippen LogP contribution in [0.15, 0.2) is 152 Å². The number of fused-ring (bicyclic) bond motifs is 3. The van der Waals surface area contributed by atoms with Crippen LogP contribution in [-0.2, 0) is 46.6 Å². The number of hydrogen-bond acceptors (Lipinski definition) is 11. The molecule has 11 rings (SSSR count). The van der Waals surface area contributed by atoms with Crippen LogP contribution >= 0.6 is 0 Å². The summed E-state index contributed by atoms with van der Waals surface area (Å²) in [5.74, 6) is 0.827. The molecule has 6 aromatic carbocycles. The van der Waals surface area contributed by atoms with Crippen molar-refractivity contribution in [2.75, 3.05) is 49.5 Å². The molecule has 0 saturated carbocycles. The quantitative estimate of drug-likeness (QED) is 0.0918. The minimum absolute atomic E-state index is 0. The largest absolute Gasteiger partial charge is 0.504 e. The molecule has 13 heteroatoms. The summed E-state index contributed by atoms with van der Waals surface area (Å²) < 4.78 is 6.12. The molecule has 3 aliphatic heterocycles. The van der Waals surface area contributed by atoms with Gasteiger partial charge in [0.2, 0.25) is 0 Å². The van der Waals surface area contributed by atoms with Gasteiger partial charge >= 0.3 is 0 Å². The fourth-order valence-corrected chi connectivity index (χ4v) is 8.29. The summed E-state index contributed by atoms with van der Waals surface area (Å²) in [4.78, 5) is 29.9. The maximum Gasteiger partial charge on any atom is 0.109 e. The first-order chi connectivity index (χ1) is 32.8. The van der Waals surface area contributed by atoms with Crippen molar-refractivity contribution >= 4 is 51.2 Å². The minimum Gasteiger partial charge on any atom is -0.504 e. The van der Waals surface area contributed by atoms with Crippen molar-refractivity contribution in [1.29, 1.82) is 0 Å². The van der Waals surface area contributed by atoms with Crippen LogP contribution in [0.4, 0.5) is 51.2 Å². The molecule has 0 saturated heterocycles. The van der Waals surface area contributed by atoms with E-state index in [0.29, 0.717) is 17.1 Å². The zero-order chi connectivity index (χ0) is 45.7. The van der Waals surface area contributed by atoms with Crippen LogP contribution in [-0.4, -0.2) is 40.1 Å². The molecule has 355 valence electrons. The van der Waals surface area contributed by atoms with Crippen LogP contribution in [0, 0.1) is 50.3 Å². The van der Waals surface area contributed by atoms with Crippen LogP contribution in [0.3, 0.4) is 0 Å². The number of ether oxygens (including phenoxy) is 1. The smallest absolute Gasteiger partial charge is 0.109 e. The molecule has 0 spiro atoms. The van der Waals surface area contributed by atoms with Gasteiger partial charge in [-0.1, -0.05) is 63.4 Å². The number of nitrogens with zero attached hydrogens (tertiary/aromatic N) is 10. The maximum absolute atomic E-state index is 6.12. The Morgan fingerprint density at radius 3 is 1.61 bits per heavy atom. The molecule has 0 unspecified atom stereocenters. The van der Waals surface area contributed by atoms with Crippen molar-refractivity contribution in [2.24, 2.45) is 0 Å². The van der Waals surface area contributed by atoms with Gasteiger partial charge in [-0.3, -0.25) is 11.1 Å². The molecule has 0 N–H and O–H groups in total. The number of para-hydroxylation sites is 8. The summed E-state index contributed by atoms with van der Waals surface area (Å²) >= 11 is 0. The molecule has 1 radical (unpaired) electrons. The second-order valence-corrected chi connectivity index (χ2v) is 17.3. The van der Waals surface area contributed by atoms with Crippen molar-refractivity contribution in [1.82, 2.24) is 19.9 Å². The van der Waals surface area contributed by atoms with E-state index in [-0.39, 0.29) is 52.5 Å². The standard InChI is InChI=1S/C30H26N4.C26H22N6O.Ir.Pt/c1-3-13-25(14-4-1)33-23-31(27-17-7-9-19-29(27)33)21-11-12-22-32-24-34(26-15-5-2-6-16-26)30-20-10-8-18-28(30)32;1-26(2,3)18-11-19(32-17-31(4)23-7-5-6-8-24(23)32)13-20(12-18)33-25-14-22(29-16-30-25)21-9-10-27-15-28-21;;/h1-10,13,15,17-20,23-24H,11-12,21-22H2;5-8,10-12,15-17H,1-4H3;;/q2*-4;;. The Bertz CT molecular complexity index is 2840. The van der Waals surface area contributed by atoms with E-state index in [1.807, 2.05) is 56.2 Å². The van der Waals surface area contributed by atoms with Gasteiger partial charge in [0, 0.05) is 81.0 Å². The minimum atomic E-state index is -0.0937. The van der Waals surface area contributed by atoms with Crippen molar-refractivity contribution in [2.45, 2.75) is 39.0 Å². The first kappa shape index (κ1) is 48.9. The van der Waals surface area contributed by atoms with Gasteiger partial charge in [0.1, 0.15) is 5.88 Å². The van der Waals surface area contributed by atoms with Crippen molar-refractivity contribution in [3.05, 3.63) is 208 Å². The second kappa shape index (κ2) is 21.8. The summed E-state index contributed by atoms with van der Waals surface area (Å²) in [6.45, 7) is 14.9. The van der Waals surface area contributed by atoms with Crippen LogP contribution < -0.4 is 34.1 Å². The molecule has 5 heterocycles. The third-order valence-corrected chi connectivity index (χ3v) is 11.7. The number of benzene rings is 6. The fraction of sp³-hybridized carbons (Fsp3) is 0.161. The van der Waals surface area contributed by atoms with Crippen LogP contribution in [0.1, 0.15) is 39.2 Å². The van der Waals surface area contributed by atoms with Gasteiger partial charge in [-0.2, -0.15) is 80.7 Å². The maximum atomic E-state index is 6.12. The first-order valence-electron chi connectivity index (χ1n) is 22.3. The topological polar surface area (TPSA) is 80.2 Å². The average Bonchev–Trinajstić information content (AvgIpc) is 4.05. The zero-order valence-electron chi connectivity index (χ0n) is 38.5. The molecule has 0 amide bonds. The second-order valence-electron chi connectivity index (χ2n) is 17.3. The monoisotopic (exact) mass is 1260 g/mol. The van der Waals surface area contributed by atoms with E-state index in [1.165, 1.54) is 41.6 Å². The van der Waals surface area contributed by atoms with Gasteiger partial charge in [-0.05, 0) is 74.8 Å². The molecule has 11 nitrogen and oxygen atoms in total. The third kappa shape index (κ3) is 10.8. The Morgan fingerprint density at radius 2 is 1.07 bits per heavy atom. The summed E-state index contributed by atoms with van der Waals surface area (Å²) in [5.41, 5.74) is 12.2. The van der Waals surface area contributed by atoms with Crippen LogP contribution in [0.25, 0.3) is 11.4 Å². The van der Waals surface area contributed by atoms with E-state index in [1.54, 1.807) is 0 Å². The molecule has 0 fully saturated rings. The van der Waals surface area contributed by atoms with E-state index >= 15 is 0 Å². The first-order valence-corrected chi connectivity index (χ1v) is 22.3. The normalized spacial score (nSPS) is 13.4. The molecular formula is C56H48IrN10OPt-8.